The molecular formula is C12H6ClF15O2. The number of hydrogen-bond acceptors (Lipinski definition) is 2. The molecule has 0 spiro atoms. The Morgan fingerprint density at radius 3 is 1.60 bits per heavy atom. The highest BCUT2D eigenvalue weighted by atomic mass is 35.5. The molecule has 18 heteroatoms. The van der Waals surface area contributed by atoms with Crippen molar-refractivity contribution in [2.24, 2.45) is 0 Å². The van der Waals surface area contributed by atoms with Gasteiger partial charge in [0.25, 0.3) is 11.6 Å². The molecule has 0 radical (unpaired) electrons. The minimum Gasteiger partial charge on any atom is -0.456 e. The van der Waals surface area contributed by atoms with Crippen LogP contribution in [0.4, 0.5) is 65.9 Å². The van der Waals surface area contributed by atoms with Gasteiger partial charge in [-0.15, -0.1) is 11.6 Å². The lowest BCUT2D eigenvalue weighted by Crippen LogP contribution is -2.65. The van der Waals surface area contributed by atoms with Crippen LogP contribution in [0, 0.1) is 0 Å². The SMILES string of the molecule is O=C(OC1CC(F)(F)C(F)(C(F)(F)F)CC1Cl)C(F)(F)C(F)(F)C(F)(F)C(F)(F)F. The average Bonchev–Trinajstić information content (AvgIpc) is 2.49. The Labute approximate surface area is 160 Å². The summed E-state index contributed by atoms with van der Waals surface area (Å²) >= 11 is 5.06. The molecule has 1 aliphatic carbocycles. The highest BCUT2D eigenvalue weighted by Gasteiger charge is 2.84. The second kappa shape index (κ2) is 7.12. The fourth-order valence-corrected chi connectivity index (χ4v) is 2.60. The normalized spacial score (nSPS) is 28.9. The lowest BCUT2D eigenvalue weighted by Gasteiger charge is -2.43. The molecule has 0 amide bonds. The number of esters is 1. The number of rotatable bonds is 4. The van der Waals surface area contributed by atoms with Crippen molar-refractivity contribution >= 4 is 17.6 Å². The second-order valence-corrected chi connectivity index (χ2v) is 6.65. The Morgan fingerprint density at radius 1 is 0.800 bits per heavy atom. The van der Waals surface area contributed by atoms with E-state index in [9.17, 15) is 70.7 Å². The maximum atomic E-state index is 13.7. The van der Waals surface area contributed by atoms with Crippen LogP contribution >= 0.6 is 11.6 Å². The van der Waals surface area contributed by atoms with Crippen LogP contribution in [0.15, 0.2) is 0 Å². The summed E-state index contributed by atoms with van der Waals surface area (Å²) in [6.45, 7) is 0. The van der Waals surface area contributed by atoms with Crippen LogP contribution in [0.25, 0.3) is 0 Å². The number of hydrogen-bond donors (Lipinski definition) is 0. The molecule has 0 aromatic rings. The molecule has 3 unspecified atom stereocenters. The first-order valence-corrected chi connectivity index (χ1v) is 7.49. The number of alkyl halides is 16. The van der Waals surface area contributed by atoms with Gasteiger partial charge < -0.3 is 4.74 Å². The molecule has 1 aliphatic rings. The van der Waals surface area contributed by atoms with Gasteiger partial charge in [0.05, 0.1) is 11.8 Å². The van der Waals surface area contributed by atoms with E-state index in [0.29, 0.717) is 0 Å². The van der Waals surface area contributed by atoms with Gasteiger partial charge in [0.1, 0.15) is 6.10 Å². The van der Waals surface area contributed by atoms with E-state index in [0.717, 1.165) is 0 Å². The first-order chi connectivity index (χ1) is 12.9. The summed E-state index contributed by atoms with van der Waals surface area (Å²) < 4.78 is 196. The second-order valence-electron chi connectivity index (χ2n) is 6.09. The van der Waals surface area contributed by atoms with Gasteiger partial charge in [-0.25, -0.2) is 18.0 Å². The molecule has 1 rings (SSSR count). The molecule has 0 saturated heterocycles. The van der Waals surface area contributed by atoms with E-state index in [1.54, 1.807) is 0 Å². The van der Waals surface area contributed by atoms with Crippen molar-refractivity contribution in [3.8, 4) is 0 Å². The van der Waals surface area contributed by atoms with Crippen molar-refractivity contribution in [1.82, 2.24) is 0 Å². The van der Waals surface area contributed by atoms with Crippen molar-refractivity contribution in [3.05, 3.63) is 0 Å². The van der Waals surface area contributed by atoms with Gasteiger partial charge in [-0.05, 0) is 0 Å². The third kappa shape index (κ3) is 3.85. The van der Waals surface area contributed by atoms with Crippen LogP contribution in [0.1, 0.15) is 12.8 Å². The summed E-state index contributed by atoms with van der Waals surface area (Å²) in [6.07, 6.45) is -21.8. The first-order valence-electron chi connectivity index (χ1n) is 7.05. The zero-order valence-electron chi connectivity index (χ0n) is 13.4. The summed E-state index contributed by atoms with van der Waals surface area (Å²) in [5, 5.41) is -2.73. The highest BCUT2D eigenvalue weighted by molar-refractivity contribution is 6.21. The number of ether oxygens (including phenoxy) is 1. The molecule has 2 nitrogen and oxygen atoms in total. The van der Waals surface area contributed by atoms with Crippen LogP contribution in [-0.4, -0.2) is 59.2 Å². The van der Waals surface area contributed by atoms with E-state index in [1.165, 1.54) is 0 Å². The molecule has 0 heterocycles. The van der Waals surface area contributed by atoms with Crippen molar-refractivity contribution in [3.63, 3.8) is 0 Å². The fourth-order valence-electron chi connectivity index (χ4n) is 2.25. The van der Waals surface area contributed by atoms with Gasteiger partial charge in [-0.3, -0.25) is 0 Å². The largest absolute Gasteiger partial charge is 0.460 e. The molecule has 0 aromatic heterocycles. The molecule has 3 atom stereocenters. The van der Waals surface area contributed by atoms with Crippen molar-refractivity contribution in [2.75, 3.05) is 0 Å². The summed E-state index contributed by atoms with van der Waals surface area (Å²) in [5.41, 5.74) is -5.37. The van der Waals surface area contributed by atoms with Crippen LogP contribution in [-0.2, 0) is 9.53 Å². The topological polar surface area (TPSA) is 26.3 Å². The van der Waals surface area contributed by atoms with E-state index < -0.39 is 72.0 Å². The van der Waals surface area contributed by atoms with Crippen LogP contribution in [0.3, 0.4) is 0 Å². The lowest BCUT2D eigenvalue weighted by atomic mass is 9.80. The summed E-state index contributed by atoms with van der Waals surface area (Å²) in [7, 11) is 0. The predicted octanol–water partition coefficient (Wildman–Crippen LogP) is 5.67. The van der Waals surface area contributed by atoms with Gasteiger partial charge in [0, 0.05) is 6.42 Å². The molecule has 1 saturated carbocycles. The van der Waals surface area contributed by atoms with Crippen LogP contribution < -0.4 is 0 Å². The van der Waals surface area contributed by atoms with Gasteiger partial charge in [0.2, 0.25) is 0 Å². The standard InChI is InChI=1S/C12H6ClF15O2/c13-3-1-6(14,11(23,24)25)7(15,16)2-4(3)30-5(29)8(17,18)9(19,20)10(21,22)12(26,27)28/h3-4H,1-2H2. The molecule has 0 N–H and O–H groups in total. The summed E-state index contributed by atoms with van der Waals surface area (Å²) in [6, 6.07) is 0. The van der Waals surface area contributed by atoms with Crippen LogP contribution in [0.2, 0.25) is 0 Å². The minimum absolute atomic E-state index is 2.45. The number of carbonyl (C=O) groups excluding carboxylic acids is 1. The Balaban J connectivity index is 3.19. The first kappa shape index (κ1) is 26.7. The summed E-state index contributed by atoms with van der Waals surface area (Å²) in [4.78, 5) is 11.1. The van der Waals surface area contributed by atoms with E-state index in [4.69, 9.17) is 11.6 Å². The highest BCUT2D eigenvalue weighted by Crippen LogP contribution is 2.56. The smallest absolute Gasteiger partial charge is 0.456 e. The minimum atomic E-state index is -7.52. The maximum absolute atomic E-state index is 13.7. The maximum Gasteiger partial charge on any atom is 0.460 e. The monoisotopic (exact) mass is 502 g/mol. The van der Waals surface area contributed by atoms with E-state index >= 15 is 0 Å². The van der Waals surface area contributed by atoms with E-state index in [-0.39, 0.29) is 0 Å². The zero-order chi connectivity index (χ0) is 24.4. The van der Waals surface area contributed by atoms with Crippen LogP contribution in [0.5, 0.6) is 0 Å². The third-order valence-corrected chi connectivity index (χ3v) is 4.46. The van der Waals surface area contributed by atoms with Gasteiger partial charge >= 0.3 is 36.1 Å². The molecule has 0 aromatic carbocycles. The van der Waals surface area contributed by atoms with Gasteiger partial charge in [-0.1, -0.05) is 0 Å². The fraction of sp³-hybridized carbons (Fsp3) is 0.917. The van der Waals surface area contributed by atoms with Crippen molar-refractivity contribution in [1.29, 1.82) is 0 Å². The molecule has 178 valence electrons. The Hall–Kier alpha value is -1.29. The predicted molar refractivity (Wildman–Crippen MR) is 64.5 cm³/mol. The molecule has 0 bridgehead atoms. The quantitative estimate of drug-likeness (QED) is 0.281. The molecule has 0 aliphatic heterocycles. The Morgan fingerprint density at radius 2 is 1.23 bits per heavy atom. The zero-order valence-corrected chi connectivity index (χ0v) is 14.2. The lowest BCUT2D eigenvalue weighted by molar-refractivity contribution is -0.391. The molecular weight excluding hydrogens is 497 g/mol. The third-order valence-electron chi connectivity index (χ3n) is 4.03. The molecule has 30 heavy (non-hydrogen) atoms. The average molecular weight is 503 g/mol. The summed E-state index contributed by atoms with van der Waals surface area (Å²) in [5.74, 6) is -31.5. The Kier molecular flexibility index (Phi) is 6.34. The number of carbonyl (C=O) groups is 1. The van der Waals surface area contributed by atoms with E-state index in [2.05, 4.69) is 4.74 Å². The van der Waals surface area contributed by atoms with Crippen molar-refractivity contribution < 1.29 is 75.4 Å². The molecule has 1 fully saturated rings. The van der Waals surface area contributed by atoms with Gasteiger partial charge in [0.15, 0.2) is 0 Å². The van der Waals surface area contributed by atoms with Gasteiger partial charge in [-0.2, -0.15) is 52.7 Å². The van der Waals surface area contributed by atoms with E-state index in [1.807, 2.05) is 0 Å². The Bertz CT molecular complexity index is 670. The number of halogens is 16. The van der Waals surface area contributed by atoms with Crippen molar-refractivity contribution in [2.45, 2.75) is 66.0 Å².